The Morgan fingerprint density at radius 3 is 2.50 bits per heavy atom. The van der Waals surface area contributed by atoms with Crippen molar-refractivity contribution >= 4 is 11.8 Å². The number of rotatable bonds is 2. The Labute approximate surface area is 75.1 Å². The molecule has 0 saturated carbocycles. The lowest BCUT2D eigenvalue weighted by molar-refractivity contribution is 1.50. The van der Waals surface area contributed by atoms with Crippen molar-refractivity contribution < 1.29 is 0 Å². The lowest BCUT2D eigenvalue weighted by atomic mass is 10.2. The second kappa shape index (κ2) is 6.47. The van der Waals surface area contributed by atoms with E-state index in [2.05, 4.69) is 11.9 Å². The maximum Gasteiger partial charge on any atom is 0.0343 e. The summed E-state index contributed by atoms with van der Waals surface area (Å²) in [5, 5.41) is 3.05. The molecule has 12 heavy (non-hydrogen) atoms. The van der Waals surface area contributed by atoms with Crippen LogP contribution in [-0.2, 0) is 0 Å². The zero-order chi connectivity index (χ0) is 9.40. The molecular formula is C11H17N. The highest BCUT2D eigenvalue weighted by Gasteiger charge is 1.86. The Morgan fingerprint density at radius 1 is 1.33 bits per heavy atom. The summed E-state index contributed by atoms with van der Waals surface area (Å²) >= 11 is 0. The van der Waals surface area contributed by atoms with Crippen LogP contribution in [0, 0.1) is 0 Å². The van der Waals surface area contributed by atoms with Gasteiger partial charge in [0.05, 0.1) is 0 Å². The standard InChI is InChI=1S/C9H11N.C2H6/c1-3-8-5-4-6-9(7-8)10-2;1-2/h3-7,10H,1H2,2H3;1-2H3. The van der Waals surface area contributed by atoms with Gasteiger partial charge in [0.15, 0.2) is 0 Å². The average Bonchev–Trinajstić information content (AvgIpc) is 2.21. The molecule has 1 aromatic rings. The van der Waals surface area contributed by atoms with Crippen molar-refractivity contribution in [2.75, 3.05) is 12.4 Å². The molecule has 0 aromatic heterocycles. The topological polar surface area (TPSA) is 12.0 Å². The van der Waals surface area contributed by atoms with Crippen molar-refractivity contribution in [3.05, 3.63) is 36.4 Å². The summed E-state index contributed by atoms with van der Waals surface area (Å²) in [6, 6.07) is 8.09. The molecule has 0 spiro atoms. The van der Waals surface area contributed by atoms with Gasteiger partial charge in [-0.25, -0.2) is 0 Å². The molecule has 0 saturated heterocycles. The van der Waals surface area contributed by atoms with Gasteiger partial charge >= 0.3 is 0 Å². The molecule has 66 valence electrons. The normalized spacial score (nSPS) is 7.92. The molecule has 0 radical (unpaired) electrons. The van der Waals surface area contributed by atoms with E-state index in [0.29, 0.717) is 0 Å². The maximum absolute atomic E-state index is 3.68. The van der Waals surface area contributed by atoms with E-state index in [1.165, 1.54) is 0 Å². The highest BCUT2D eigenvalue weighted by molar-refractivity contribution is 5.55. The van der Waals surface area contributed by atoms with Crippen LogP contribution >= 0.6 is 0 Å². The van der Waals surface area contributed by atoms with E-state index < -0.39 is 0 Å². The SMILES string of the molecule is C=Cc1cccc(NC)c1.CC. The van der Waals surface area contributed by atoms with Gasteiger partial charge in [-0.15, -0.1) is 0 Å². The van der Waals surface area contributed by atoms with E-state index in [9.17, 15) is 0 Å². The molecule has 0 aliphatic carbocycles. The van der Waals surface area contributed by atoms with Crippen molar-refractivity contribution in [1.29, 1.82) is 0 Å². The van der Waals surface area contributed by atoms with Gasteiger partial charge in [-0.1, -0.05) is 38.6 Å². The van der Waals surface area contributed by atoms with Crippen molar-refractivity contribution in [3.8, 4) is 0 Å². The molecule has 1 nitrogen and oxygen atoms in total. The molecule has 0 fully saturated rings. The largest absolute Gasteiger partial charge is 0.388 e. The molecule has 0 atom stereocenters. The van der Waals surface area contributed by atoms with Crippen molar-refractivity contribution in [2.45, 2.75) is 13.8 Å². The van der Waals surface area contributed by atoms with Gasteiger partial charge < -0.3 is 5.32 Å². The van der Waals surface area contributed by atoms with E-state index in [4.69, 9.17) is 0 Å². The minimum Gasteiger partial charge on any atom is -0.388 e. The van der Waals surface area contributed by atoms with Crippen LogP contribution in [0.25, 0.3) is 6.08 Å². The predicted molar refractivity (Wildman–Crippen MR) is 57.4 cm³/mol. The predicted octanol–water partition coefficient (Wildman–Crippen LogP) is 3.40. The Kier molecular flexibility index (Phi) is 5.80. The summed E-state index contributed by atoms with van der Waals surface area (Å²) in [5.41, 5.74) is 2.27. The van der Waals surface area contributed by atoms with Crippen LogP contribution in [0.2, 0.25) is 0 Å². The van der Waals surface area contributed by atoms with E-state index in [1.807, 2.05) is 51.2 Å². The molecule has 1 heteroatoms. The summed E-state index contributed by atoms with van der Waals surface area (Å²) in [6.45, 7) is 7.68. The fourth-order valence-electron chi connectivity index (χ4n) is 0.821. The molecular weight excluding hydrogens is 146 g/mol. The lowest BCUT2D eigenvalue weighted by Gasteiger charge is -1.99. The molecule has 0 aliphatic rings. The van der Waals surface area contributed by atoms with Crippen LogP contribution < -0.4 is 5.32 Å². The molecule has 1 rings (SSSR count). The third kappa shape index (κ3) is 3.24. The highest BCUT2D eigenvalue weighted by Crippen LogP contribution is 2.09. The molecule has 1 N–H and O–H groups in total. The first-order valence-electron chi connectivity index (χ1n) is 4.27. The molecule has 0 unspecified atom stereocenters. The first-order chi connectivity index (χ1) is 5.86. The van der Waals surface area contributed by atoms with Gasteiger partial charge in [0.1, 0.15) is 0 Å². The Balaban J connectivity index is 0.000000561. The third-order valence-electron chi connectivity index (χ3n) is 1.41. The molecule has 1 aromatic carbocycles. The number of nitrogens with one attached hydrogen (secondary N) is 1. The minimum absolute atomic E-state index is 1.12. The second-order valence-corrected chi connectivity index (χ2v) is 2.08. The average molecular weight is 163 g/mol. The zero-order valence-corrected chi connectivity index (χ0v) is 8.09. The summed E-state index contributed by atoms with van der Waals surface area (Å²) in [6.07, 6.45) is 1.83. The summed E-state index contributed by atoms with van der Waals surface area (Å²) in [5.74, 6) is 0. The van der Waals surface area contributed by atoms with Crippen molar-refractivity contribution in [1.82, 2.24) is 0 Å². The van der Waals surface area contributed by atoms with Crippen LogP contribution in [0.5, 0.6) is 0 Å². The smallest absolute Gasteiger partial charge is 0.0343 e. The molecule has 0 bridgehead atoms. The van der Waals surface area contributed by atoms with Gasteiger partial charge in [-0.2, -0.15) is 0 Å². The van der Waals surface area contributed by atoms with E-state index in [-0.39, 0.29) is 0 Å². The monoisotopic (exact) mass is 163 g/mol. The Morgan fingerprint density at radius 2 is 2.00 bits per heavy atom. The van der Waals surface area contributed by atoms with Crippen molar-refractivity contribution in [3.63, 3.8) is 0 Å². The first kappa shape index (κ1) is 10.8. The summed E-state index contributed by atoms with van der Waals surface area (Å²) < 4.78 is 0. The molecule has 0 aliphatic heterocycles. The third-order valence-corrected chi connectivity index (χ3v) is 1.41. The number of anilines is 1. The molecule has 0 amide bonds. The van der Waals surface area contributed by atoms with Crippen LogP contribution in [0.15, 0.2) is 30.8 Å². The lowest BCUT2D eigenvalue weighted by Crippen LogP contribution is -1.86. The second-order valence-electron chi connectivity index (χ2n) is 2.08. The Bertz CT molecular complexity index is 228. The first-order valence-corrected chi connectivity index (χ1v) is 4.27. The summed E-state index contributed by atoms with van der Waals surface area (Å²) in [4.78, 5) is 0. The van der Waals surface area contributed by atoms with Crippen molar-refractivity contribution in [2.24, 2.45) is 0 Å². The Hall–Kier alpha value is -1.24. The van der Waals surface area contributed by atoms with Gasteiger partial charge in [-0.3, -0.25) is 0 Å². The van der Waals surface area contributed by atoms with Gasteiger partial charge in [0.2, 0.25) is 0 Å². The zero-order valence-electron chi connectivity index (χ0n) is 8.09. The van der Waals surface area contributed by atoms with Crippen LogP contribution in [0.1, 0.15) is 19.4 Å². The quantitative estimate of drug-likeness (QED) is 0.704. The van der Waals surface area contributed by atoms with Crippen LogP contribution in [0.4, 0.5) is 5.69 Å². The number of benzene rings is 1. The molecule has 0 heterocycles. The number of hydrogen-bond donors (Lipinski definition) is 1. The minimum atomic E-state index is 1.12. The van der Waals surface area contributed by atoms with Gasteiger partial charge in [-0.05, 0) is 17.7 Å². The number of hydrogen-bond acceptors (Lipinski definition) is 1. The van der Waals surface area contributed by atoms with Crippen LogP contribution in [-0.4, -0.2) is 7.05 Å². The summed E-state index contributed by atoms with van der Waals surface area (Å²) in [7, 11) is 1.90. The van der Waals surface area contributed by atoms with Gasteiger partial charge in [0, 0.05) is 12.7 Å². The highest BCUT2D eigenvalue weighted by atomic mass is 14.8. The fraction of sp³-hybridized carbons (Fsp3) is 0.273. The van der Waals surface area contributed by atoms with E-state index in [1.54, 1.807) is 0 Å². The van der Waals surface area contributed by atoms with E-state index >= 15 is 0 Å². The van der Waals surface area contributed by atoms with Crippen LogP contribution in [0.3, 0.4) is 0 Å². The fourth-order valence-corrected chi connectivity index (χ4v) is 0.821. The van der Waals surface area contributed by atoms with E-state index in [0.717, 1.165) is 11.3 Å². The maximum atomic E-state index is 3.68. The van der Waals surface area contributed by atoms with Gasteiger partial charge in [0.25, 0.3) is 0 Å².